The summed E-state index contributed by atoms with van der Waals surface area (Å²) in [5.41, 5.74) is 6.30. The molecule has 0 aromatic heterocycles. The van der Waals surface area contributed by atoms with Crippen LogP contribution in [-0.2, 0) is 4.79 Å². The number of hydrogen-bond donors (Lipinski definition) is 1. The van der Waals surface area contributed by atoms with Gasteiger partial charge in [-0.1, -0.05) is 0 Å². The van der Waals surface area contributed by atoms with Gasteiger partial charge >= 0.3 is 0 Å². The van der Waals surface area contributed by atoms with E-state index >= 15 is 0 Å². The van der Waals surface area contributed by atoms with E-state index < -0.39 is 6.10 Å². The molecule has 0 saturated carbocycles. The van der Waals surface area contributed by atoms with E-state index in [1.165, 1.54) is 6.42 Å². The van der Waals surface area contributed by atoms with Crippen molar-refractivity contribution in [3.63, 3.8) is 0 Å². The standard InChI is InChI=1S/C14H20N2O2/c1-11(14(17)16-9-3-2-4-10-16)18-13-7-5-12(15)6-8-13/h5-8,11H,2-4,9-10,15H2,1H3. The molecule has 4 nitrogen and oxygen atoms in total. The predicted molar refractivity (Wildman–Crippen MR) is 71.4 cm³/mol. The van der Waals surface area contributed by atoms with E-state index in [9.17, 15) is 4.79 Å². The first-order valence-electron chi connectivity index (χ1n) is 6.48. The number of amides is 1. The predicted octanol–water partition coefficient (Wildman–Crippen LogP) is 2.05. The van der Waals surface area contributed by atoms with Gasteiger partial charge in [0, 0.05) is 18.8 Å². The number of benzene rings is 1. The SMILES string of the molecule is CC(Oc1ccc(N)cc1)C(=O)N1CCCCC1. The lowest BCUT2D eigenvalue weighted by molar-refractivity contribution is -0.138. The third-order valence-electron chi connectivity index (χ3n) is 3.21. The fourth-order valence-corrected chi connectivity index (χ4v) is 2.17. The minimum atomic E-state index is -0.438. The van der Waals surface area contributed by atoms with Gasteiger partial charge in [-0.2, -0.15) is 0 Å². The Kier molecular flexibility index (Phi) is 4.07. The number of nitrogen functional groups attached to an aromatic ring is 1. The lowest BCUT2D eigenvalue weighted by Gasteiger charge is -2.29. The first-order valence-corrected chi connectivity index (χ1v) is 6.48. The van der Waals surface area contributed by atoms with Gasteiger partial charge in [0.05, 0.1) is 0 Å². The lowest BCUT2D eigenvalue weighted by Crippen LogP contribution is -2.43. The van der Waals surface area contributed by atoms with Crippen molar-refractivity contribution in [2.24, 2.45) is 0 Å². The van der Waals surface area contributed by atoms with Crippen molar-refractivity contribution < 1.29 is 9.53 Å². The minimum Gasteiger partial charge on any atom is -0.481 e. The van der Waals surface area contributed by atoms with E-state index in [2.05, 4.69) is 0 Å². The highest BCUT2D eigenvalue weighted by atomic mass is 16.5. The molecule has 0 spiro atoms. The van der Waals surface area contributed by atoms with Crippen LogP contribution in [0.3, 0.4) is 0 Å². The number of carbonyl (C=O) groups excluding carboxylic acids is 1. The quantitative estimate of drug-likeness (QED) is 0.833. The molecule has 1 unspecified atom stereocenters. The van der Waals surface area contributed by atoms with Crippen molar-refractivity contribution in [3.05, 3.63) is 24.3 Å². The number of ether oxygens (including phenoxy) is 1. The van der Waals surface area contributed by atoms with Gasteiger partial charge in [0.1, 0.15) is 5.75 Å². The maximum atomic E-state index is 12.1. The highest BCUT2D eigenvalue weighted by Crippen LogP contribution is 2.17. The summed E-state index contributed by atoms with van der Waals surface area (Å²) in [6.07, 6.45) is 2.98. The molecule has 4 heteroatoms. The van der Waals surface area contributed by atoms with E-state index in [4.69, 9.17) is 10.5 Å². The van der Waals surface area contributed by atoms with Crippen LogP contribution in [-0.4, -0.2) is 30.0 Å². The zero-order chi connectivity index (χ0) is 13.0. The largest absolute Gasteiger partial charge is 0.481 e. The highest BCUT2D eigenvalue weighted by Gasteiger charge is 2.23. The van der Waals surface area contributed by atoms with Crippen LogP contribution in [0.2, 0.25) is 0 Å². The summed E-state index contributed by atoms with van der Waals surface area (Å²) in [6, 6.07) is 7.12. The van der Waals surface area contributed by atoms with Gasteiger partial charge in [-0.15, -0.1) is 0 Å². The number of nitrogens with two attached hydrogens (primary N) is 1. The van der Waals surface area contributed by atoms with Gasteiger partial charge in [-0.25, -0.2) is 0 Å². The molecule has 98 valence electrons. The average molecular weight is 248 g/mol. The second kappa shape index (κ2) is 5.76. The average Bonchev–Trinajstić information content (AvgIpc) is 2.41. The normalized spacial score (nSPS) is 17.3. The maximum absolute atomic E-state index is 12.1. The van der Waals surface area contributed by atoms with Crippen molar-refractivity contribution in [1.82, 2.24) is 4.90 Å². The van der Waals surface area contributed by atoms with Crippen LogP contribution in [0.4, 0.5) is 5.69 Å². The van der Waals surface area contributed by atoms with Crippen LogP contribution < -0.4 is 10.5 Å². The summed E-state index contributed by atoms with van der Waals surface area (Å²) in [6.45, 7) is 3.51. The number of likely N-dealkylation sites (tertiary alicyclic amines) is 1. The molecule has 0 bridgehead atoms. The maximum Gasteiger partial charge on any atom is 0.263 e. The first-order chi connectivity index (χ1) is 8.66. The summed E-state index contributed by atoms with van der Waals surface area (Å²) in [7, 11) is 0. The zero-order valence-corrected chi connectivity index (χ0v) is 10.8. The van der Waals surface area contributed by atoms with Gasteiger partial charge < -0.3 is 15.4 Å². The van der Waals surface area contributed by atoms with Crippen molar-refractivity contribution >= 4 is 11.6 Å². The highest BCUT2D eigenvalue weighted by molar-refractivity contribution is 5.81. The van der Waals surface area contributed by atoms with Crippen LogP contribution in [0.1, 0.15) is 26.2 Å². The van der Waals surface area contributed by atoms with Gasteiger partial charge in [0.25, 0.3) is 5.91 Å². The second-order valence-corrected chi connectivity index (χ2v) is 4.72. The third-order valence-corrected chi connectivity index (χ3v) is 3.21. The van der Waals surface area contributed by atoms with E-state index in [1.807, 2.05) is 4.90 Å². The smallest absolute Gasteiger partial charge is 0.263 e. The van der Waals surface area contributed by atoms with Crippen LogP contribution in [0.15, 0.2) is 24.3 Å². The van der Waals surface area contributed by atoms with Crippen LogP contribution in [0, 0.1) is 0 Å². The van der Waals surface area contributed by atoms with Crippen LogP contribution in [0.25, 0.3) is 0 Å². The summed E-state index contributed by atoms with van der Waals surface area (Å²) < 4.78 is 5.64. The zero-order valence-electron chi connectivity index (χ0n) is 10.8. The van der Waals surface area contributed by atoms with Gasteiger partial charge in [-0.05, 0) is 50.5 Å². The molecule has 18 heavy (non-hydrogen) atoms. The topological polar surface area (TPSA) is 55.6 Å². The third kappa shape index (κ3) is 3.15. The van der Waals surface area contributed by atoms with E-state index in [0.717, 1.165) is 25.9 Å². The Morgan fingerprint density at radius 2 is 1.83 bits per heavy atom. The Labute approximate surface area is 108 Å². The molecule has 2 N–H and O–H groups in total. The fraction of sp³-hybridized carbons (Fsp3) is 0.500. The molecule has 2 rings (SSSR count). The molecular weight excluding hydrogens is 228 g/mol. The first kappa shape index (κ1) is 12.7. The molecule has 1 atom stereocenters. The number of anilines is 1. The molecule has 0 aliphatic carbocycles. The summed E-state index contributed by atoms with van der Waals surface area (Å²) in [4.78, 5) is 14.0. The number of rotatable bonds is 3. The Morgan fingerprint density at radius 3 is 2.44 bits per heavy atom. The summed E-state index contributed by atoms with van der Waals surface area (Å²) in [5.74, 6) is 0.758. The van der Waals surface area contributed by atoms with Gasteiger partial charge in [-0.3, -0.25) is 4.79 Å². The summed E-state index contributed by atoms with van der Waals surface area (Å²) >= 11 is 0. The van der Waals surface area contributed by atoms with Crippen molar-refractivity contribution in [1.29, 1.82) is 0 Å². The molecule has 1 fully saturated rings. The van der Waals surface area contributed by atoms with Crippen molar-refractivity contribution in [2.45, 2.75) is 32.3 Å². The van der Waals surface area contributed by atoms with E-state index in [-0.39, 0.29) is 5.91 Å². The monoisotopic (exact) mass is 248 g/mol. The summed E-state index contributed by atoms with van der Waals surface area (Å²) in [5, 5.41) is 0. The molecule has 1 heterocycles. The van der Waals surface area contributed by atoms with Crippen molar-refractivity contribution in [2.75, 3.05) is 18.8 Å². The molecular formula is C14H20N2O2. The van der Waals surface area contributed by atoms with Crippen LogP contribution >= 0.6 is 0 Å². The Morgan fingerprint density at radius 1 is 1.22 bits per heavy atom. The van der Waals surface area contributed by atoms with Gasteiger partial charge in [0.15, 0.2) is 6.10 Å². The Bertz CT molecular complexity index is 397. The van der Waals surface area contributed by atoms with E-state index in [1.54, 1.807) is 31.2 Å². The number of piperidine rings is 1. The Balaban J connectivity index is 1.92. The van der Waals surface area contributed by atoms with Crippen LogP contribution in [0.5, 0.6) is 5.75 Å². The molecule has 1 aromatic carbocycles. The lowest BCUT2D eigenvalue weighted by atomic mass is 10.1. The Hall–Kier alpha value is -1.71. The number of hydrogen-bond acceptors (Lipinski definition) is 3. The number of nitrogens with zero attached hydrogens (tertiary/aromatic N) is 1. The molecule has 1 aromatic rings. The number of carbonyl (C=O) groups is 1. The molecule has 1 amide bonds. The van der Waals surface area contributed by atoms with E-state index in [0.29, 0.717) is 11.4 Å². The second-order valence-electron chi connectivity index (χ2n) is 4.72. The fourth-order valence-electron chi connectivity index (χ4n) is 2.17. The molecule has 1 aliphatic heterocycles. The van der Waals surface area contributed by atoms with Crippen molar-refractivity contribution in [3.8, 4) is 5.75 Å². The minimum absolute atomic E-state index is 0.0755. The molecule has 1 aliphatic rings. The molecule has 0 radical (unpaired) electrons. The molecule has 1 saturated heterocycles. The van der Waals surface area contributed by atoms with Gasteiger partial charge in [0.2, 0.25) is 0 Å².